The van der Waals surface area contributed by atoms with Crippen molar-refractivity contribution in [3.63, 3.8) is 0 Å². The van der Waals surface area contributed by atoms with Crippen molar-refractivity contribution in [3.8, 4) is 11.5 Å². The highest BCUT2D eigenvalue weighted by Gasteiger charge is 2.24. The van der Waals surface area contributed by atoms with Gasteiger partial charge in [0.2, 0.25) is 0 Å². The van der Waals surface area contributed by atoms with Crippen LogP contribution in [0.25, 0.3) is 0 Å². The lowest BCUT2D eigenvalue weighted by Gasteiger charge is -2.26. The molecule has 0 fully saturated rings. The van der Waals surface area contributed by atoms with Gasteiger partial charge in [0.05, 0.1) is 14.2 Å². The Balaban J connectivity index is 2.26. The number of benzene rings is 3. The summed E-state index contributed by atoms with van der Waals surface area (Å²) in [7, 11) is 11.7. The normalized spacial score (nSPS) is 10.9. The third-order valence-corrected chi connectivity index (χ3v) is 5.91. The molecule has 4 nitrogen and oxygen atoms in total. The first-order valence-corrected chi connectivity index (χ1v) is 10.5. The zero-order chi connectivity index (χ0) is 22.7. The molecule has 0 bridgehead atoms. The third kappa shape index (κ3) is 4.63. The average Bonchev–Trinajstić information content (AvgIpc) is 2.75. The molecule has 0 atom stereocenters. The summed E-state index contributed by atoms with van der Waals surface area (Å²) in [6.07, 6.45) is 0. The van der Waals surface area contributed by atoms with E-state index in [1.165, 1.54) is 33.6 Å². The molecule has 0 aliphatic carbocycles. The van der Waals surface area contributed by atoms with Crippen molar-refractivity contribution >= 4 is 11.4 Å². The SMILES string of the molecule is COc1ccc(C(c2ccc(N(C)C)cc2C)c2ccc(N(C)C)cc2C)c(OC)c1. The Kier molecular flexibility index (Phi) is 6.79. The Morgan fingerprint density at radius 2 is 1.10 bits per heavy atom. The van der Waals surface area contributed by atoms with Crippen molar-refractivity contribution in [2.24, 2.45) is 0 Å². The van der Waals surface area contributed by atoms with Crippen LogP contribution in [0.4, 0.5) is 11.4 Å². The van der Waals surface area contributed by atoms with E-state index in [-0.39, 0.29) is 5.92 Å². The van der Waals surface area contributed by atoms with Gasteiger partial charge in [0, 0.05) is 57.1 Å². The number of hydrogen-bond acceptors (Lipinski definition) is 4. The predicted molar refractivity (Wildman–Crippen MR) is 132 cm³/mol. The molecule has 0 N–H and O–H groups in total. The van der Waals surface area contributed by atoms with Gasteiger partial charge in [-0.25, -0.2) is 0 Å². The Morgan fingerprint density at radius 3 is 1.48 bits per heavy atom. The molecule has 4 heteroatoms. The lowest BCUT2D eigenvalue weighted by molar-refractivity contribution is 0.390. The minimum Gasteiger partial charge on any atom is -0.497 e. The van der Waals surface area contributed by atoms with E-state index >= 15 is 0 Å². The minimum atomic E-state index is 0.0493. The lowest BCUT2D eigenvalue weighted by Crippen LogP contribution is -2.13. The average molecular weight is 419 g/mol. The van der Waals surface area contributed by atoms with Crippen LogP contribution in [0.2, 0.25) is 0 Å². The molecule has 3 aromatic carbocycles. The molecule has 0 aliphatic heterocycles. The molecule has 0 unspecified atom stereocenters. The van der Waals surface area contributed by atoms with Crippen LogP contribution >= 0.6 is 0 Å². The van der Waals surface area contributed by atoms with Gasteiger partial charge in [0.15, 0.2) is 0 Å². The summed E-state index contributed by atoms with van der Waals surface area (Å²) in [5.41, 5.74) is 8.58. The lowest BCUT2D eigenvalue weighted by atomic mass is 9.80. The van der Waals surface area contributed by atoms with Gasteiger partial charge in [-0.2, -0.15) is 0 Å². The first-order valence-electron chi connectivity index (χ1n) is 10.5. The Morgan fingerprint density at radius 1 is 0.613 bits per heavy atom. The van der Waals surface area contributed by atoms with Crippen molar-refractivity contribution < 1.29 is 9.47 Å². The highest BCUT2D eigenvalue weighted by Crippen LogP contribution is 2.42. The number of rotatable bonds is 7. The van der Waals surface area contributed by atoms with E-state index in [4.69, 9.17) is 9.47 Å². The topological polar surface area (TPSA) is 24.9 Å². The van der Waals surface area contributed by atoms with Crippen LogP contribution in [0.1, 0.15) is 33.7 Å². The zero-order valence-electron chi connectivity index (χ0n) is 20.0. The van der Waals surface area contributed by atoms with Gasteiger partial charge in [-0.1, -0.05) is 18.2 Å². The molecule has 164 valence electrons. The molecule has 0 aromatic heterocycles. The van der Waals surface area contributed by atoms with E-state index in [0.717, 1.165) is 17.1 Å². The fraction of sp³-hybridized carbons (Fsp3) is 0.333. The third-order valence-electron chi connectivity index (χ3n) is 5.91. The number of aryl methyl sites for hydroxylation is 2. The van der Waals surface area contributed by atoms with Crippen LogP contribution in [-0.2, 0) is 0 Å². The van der Waals surface area contributed by atoms with Crippen molar-refractivity contribution in [2.75, 3.05) is 52.2 Å². The summed E-state index contributed by atoms with van der Waals surface area (Å²) in [5, 5.41) is 0. The number of ether oxygens (including phenoxy) is 2. The van der Waals surface area contributed by atoms with E-state index in [0.29, 0.717) is 0 Å². The molecule has 0 heterocycles. The van der Waals surface area contributed by atoms with E-state index in [2.05, 4.69) is 94.3 Å². The summed E-state index contributed by atoms with van der Waals surface area (Å²) >= 11 is 0. The highest BCUT2D eigenvalue weighted by atomic mass is 16.5. The van der Waals surface area contributed by atoms with E-state index in [1.807, 2.05) is 12.1 Å². The molecule has 0 saturated heterocycles. The molecule has 31 heavy (non-hydrogen) atoms. The molecular formula is C27H34N2O2. The number of nitrogens with zero attached hydrogens (tertiary/aromatic N) is 2. The van der Waals surface area contributed by atoms with Gasteiger partial charge in [0.1, 0.15) is 11.5 Å². The molecule has 3 rings (SSSR count). The largest absolute Gasteiger partial charge is 0.497 e. The van der Waals surface area contributed by atoms with Crippen LogP contribution in [0.3, 0.4) is 0 Å². The van der Waals surface area contributed by atoms with Crippen molar-refractivity contribution in [2.45, 2.75) is 19.8 Å². The second-order valence-corrected chi connectivity index (χ2v) is 8.41. The standard InChI is InChI=1S/C27H34N2O2/c1-18-15-20(28(3)4)9-12-23(18)27(24-13-10-21(29(5)6)16-19(24)2)25-14-11-22(30-7)17-26(25)31-8/h9-17,27H,1-8H3. The maximum absolute atomic E-state index is 5.82. The molecule has 0 radical (unpaired) electrons. The van der Waals surface area contributed by atoms with Gasteiger partial charge in [-0.15, -0.1) is 0 Å². The van der Waals surface area contributed by atoms with Gasteiger partial charge < -0.3 is 19.3 Å². The fourth-order valence-corrected chi connectivity index (χ4v) is 4.08. The first-order chi connectivity index (χ1) is 14.8. The number of hydrogen-bond donors (Lipinski definition) is 0. The maximum Gasteiger partial charge on any atom is 0.126 e. The maximum atomic E-state index is 5.82. The second-order valence-electron chi connectivity index (χ2n) is 8.41. The van der Waals surface area contributed by atoms with Gasteiger partial charge >= 0.3 is 0 Å². The molecular weight excluding hydrogens is 384 g/mol. The second kappa shape index (κ2) is 9.34. The first kappa shape index (κ1) is 22.5. The van der Waals surface area contributed by atoms with Crippen molar-refractivity contribution in [3.05, 3.63) is 82.4 Å². The summed E-state index contributed by atoms with van der Waals surface area (Å²) in [4.78, 5) is 4.27. The van der Waals surface area contributed by atoms with Crippen LogP contribution in [-0.4, -0.2) is 42.4 Å². The minimum absolute atomic E-state index is 0.0493. The van der Waals surface area contributed by atoms with E-state index in [1.54, 1.807) is 14.2 Å². The molecule has 3 aromatic rings. The van der Waals surface area contributed by atoms with Crippen LogP contribution < -0.4 is 19.3 Å². The smallest absolute Gasteiger partial charge is 0.126 e. The molecule has 0 aliphatic rings. The Labute approximate surface area is 187 Å². The van der Waals surface area contributed by atoms with E-state index in [9.17, 15) is 0 Å². The summed E-state index contributed by atoms with van der Waals surface area (Å²) in [6, 6.07) is 19.5. The van der Waals surface area contributed by atoms with Crippen LogP contribution in [0.5, 0.6) is 11.5 Å². The van der Waals surface area contributed by atoms with Crippen LogP contribution in [0.15, 0.2) is 54.6 Å². The fourth-order valence-electron chi connectivity index (χ4n) is 4.08. The van der Waals surface area contributed by atoms with Gasteiger partial charge in [0.25, 0.3) is 0 Å². The summed E-state index contributed by atoms with van der Waals surface area (Å²) < 4.78 is 11.3. The number of methoxy groups -OCH3 is 2. The summed E-state index contributed by atoms with van der Waals surface area (Å²) in [6.45, 7) is 4.38. The molecule has 0 spiro atoms. The van der Waals surface area contributed by atoms with Crippen molar-refractivity contribution in [1.82, 2.24) is 0 Å². The zero-order valence-corrected chi connectivity index (χ0v) is 20.0. The van der Waals surface area contributed by atoms with E-state index < -0.39 is 0 Å². The Hall–Kier alpha value is -3.14. The number of anilines is 2. The Bertz CT molecular complexity index is 1000. The molecule has 0 saturated carbocycles. The monoisotopic (exact) mass is 418 g/mol. The summed E-state index contributed by atoms with van der Waals surface area (Å²) in [5.74, 6) is 1.67. The molecule has 0 amide bonds. The van der Waals surface area contributed by atoms with Crippen molar-refractivity contribution in [1.29, 1.82) is 0 Å². The van der Waals surface area contributed by atoms with Crippen LogP contribution in [0, 0.1) is 13.8 Å². The quantitative estimate of drug-likeness (QED) is 0.464. The van der Waals surface area contributed by atoms with Gasteiger partial charge in [-0.3, -0.25) is 0 Å². The van der Waals surface area contributed by atoms with Gasteiger partial charge in [-0.05, 0) is 66.4 Å². The highest BCUT2D eigenvalue weighted by molar-refractivity contribution is 5.60. The predicted octanol–water partition coefficient (Wildman–Crippen LogP) is 5.63.